The smallest absolute Gasteiger partial charge is 0.411 e. The fourth-order valence-electron chi connectivity index (χ4n) is 3.24. The molecule has 4 amide bonds. The van der Waals surface area contributed by atoms with Gasteiger partial charge in [-0.15, -0.1) is 0 Å². The molecule has 0 radical (unpaired) electrons. The number of imide groups is 2. The Balaban J connectivity index is 1.89. The van der Waals surface area contributed by atoms with Crippen LogP contribution >= 0.6 is 0 Å². The number of hydrogen-bond donors (Lipinski definition) is 6. The second-order valence-corrected chi connectivity index (χ2v) is 7.34. The van der Waals surface area contributed by atoms with E-state index in [4.69, 9.17) is 10.2 Å². The van der Waals surface area contributed by atoms with Crippen LogP contribution in [-0.2, 0) is 22.4 Å². The Hall–Kier alpha value is -3.76. The molecule has 2 atom stereocenters. The van der Waals surface area contributed by atoms with Gasteiger partial charge in [-0.2, -0.15) is 0 Å². The average Bonchev–Trinajstić information content (AvgIpc) is 2.77. The van der Waals surface area contributed by atoms with E-state index in [1.807, 2.05) is 71.3 Å². The molecule has 0 aromatic heterocycles. The molecule has 33 heavy (non-hydrogen) atoms. The van der Waals surface area contributed by atoms with E-state index in [9.17, 15) is 19.2 Å². The summed E-state index contributed by atoms with van der Waals surface area (Å²) in [6, 6.07) is 16.9. The Bertz CT molecular complexity index is 848. The molecule has 2 aromatic carbocycles. The summed E-state index contributed by atoms with van der Waals surface area (Å²) in [5.41, 5.74) is 1.75. The van der Waals surface area contributed by atoms with Crippen molar-refractivity contribution in [2.24, 2.45) is 0 Å². The van der Waals surface area contributed by atoms with Crippen LogP contribution in [-0.4, -0.2) is 59.4 Å². The molecule has 0 saturated carbocycles. The van der Waals surface area contributed by atoms with Crippen molar-refractivity contribution in [1.29, 1.82) is 0 Å². The SMILES string of the molecule is O=C(O)NC(=O)C(Cc1ccccc1)NCCCNC(Cc1ccccc1)C(=O)NC(=O)O. The Morgan fingerprint density at radius 1 is 0.636 bits per heavy atom. The molecule has 2 rings (SSSR count). The van der Waals surface area contributed by atoms with Crippen molar-refractivity contribution in [3.8, 4) is 0 Å². The van der Waals surface area contributed by atoms with E-state index in [0.29, 0.717) is 32.4 Å². The first kappa shape index (κ1) is 25.5. The molecule has 0 spiro atoms. The fraction of sp³-hybridized carbons (Fsp3) is 0.304. The lowest BCUT2D eigenvalue weighted by atomic mass is 10.0. The van der Waals surface area contributed by atoms with Crippen LogP contribution in [0.1, 0.15) is 17.5 Å². The predicted molar refractivity (Wildman–Crippen MR) is 121 cm³/mol. The molecule has 10 heteroatoms. The largest absolute Gasteiger partial charge is 0.465 e. The summed E-state index contributed by atoms with van der Waals surface area (Å²) in [4.78, 5) is 46.2. The number of carbonyl (C=O) groups is 4. The van der Waals surface area contributed by atoms with E-state index in [2.05, 4.69) is 10.6 Å². The van der Waals surface area contributed by atoms with Crippen LogP contribution in [0, 0.1) is 0 Å². The van der Waals surface area contributed by atoms with Crippen LogP contribution in [0.25, 0.3) is 0 Å². The van der Waals surface area contributed by atoms with Crippen LogP contribution in [0.2, 0.25) is 0 Å². The maximum atomic E-state index is 12.2. The zero-order chi connectivity index (χ0) is 24.1. The minimum atomic E-state index is -1.42. The molecule has 10 nitrogen and oxygen atoms in total. The lowest BCUT2D eigenvalue weighted by Crippen LogP contribution is -2.49. The second-order valence-electron chi connectivity index (χ2n) is 7.34. The van der Waals surface area contributed by atoms with Gasteiger partial charge in [0.15, 0.2) is 0 Å². The van der Waals surface area contributed by atoms with Gasteiger partial charge in [0, 0.05) is 0 Å². The quantitative estimate of drug-likeness (QED) is 0.261. The van der Waals surface area contributed by atoms with Gasteiger partial charge in [-0.25, -0.2) is 9.59 Å². The number of rotatable bonds is 12. The number of amides is 4. The molecule has 0 heterocycles. The summed E-state index contributed by atoms with van der Waals surface area (Å²) in [6.45, 7) is 0.742. The predicted octanol–water partition coefficient (Wildman–Crippen LogP) is 1.37. The number of carboxylic acid groups (broad SMARTS) is 2. The van der Waals surface area contributed by atoms with Crippen molar-refractivity contribution in [3.63, 3.8) is 0 Å². The van der Waals surface area contributed by atoms with Gasteiger partial charge in [0.2, 0.25) is 11.8 Å². The number of carbonyl (C=O) groups excluding carboxylic acids is 2. The first-order chi connectivity index (χ1) is 15.8. The fourth-order valence-corrected chi connectivity index (χ4v) is 3.24. The molecular weight excluding hydrogens is 428 g/mol. The highest BCUT2D eigenvalue weighted by atomic mass is 16.4. The summed E-state index contributed by atoms with van der Waals surface area (Å²) < 4.78 is 0. The van der Waals surface area contributed by atoms with E-state index in [0.717, 1.165) is 11.1 Å². The Morgan fingerprint density at radius 3 is 1.33 bits per heavy atom. The van der Waals surface area contributed by atoms with Gasteiger partial charge in [-0.3, -0.25) is 20.2 Å². The normalized spacial score (nSPS) is 12.4. The third kappa shape index (κ3) is 9.93. The molecule has 2 unspecified atom stereocenters. The van der Waals surface area contributed by atoms with Crippen molar-refractivity contribution in [3.05, 3.63) is 71.8 Å². The summed E-state index contributed by atoms with van der Waals surface area (Å²) in [6.07, 6.45) is -1.71. The van der Waals surface area contributed by atoms with Crippen molar-refractivity contribution in [1.82, 2.24) is 21.3 Å². The van der Waals surface area contributed by atoms with Gasteiger partial charge in [0.25, 0.3) is 0 Å². The van der Waals surface area contributed by atoms with Crippen LogP contribution < -0.4 is 21.3 Å². The van der Waals surface area contributed by atoms with Gasteiger partial charge >= 0.3 is 12.2 Å². The molecule has 0 fully saturated rings. The molecule has 0 bridgehead atoms. The Morgan fingerprint density at radius 2 is 1.00 bits per heavy atom. The van der Waals surface area contributed by atoms with E-state index >= 15 is 0 Å². The van der Waals surface area contributed by atoms with E-state index in [-0.39, 0.29) is 0 Å². The first-order valence-electron chi connectivity index (χ1n) is 10.5. The zero-order valence-corrected chi connectivity index (χ0v) is 18.0. The van der Waals surface area contributed by atoms with Crippen molar-refractivity contribution in [2.75, 3.05) is 13.1 Å². The molecule has 0 aliphatic carbocycles. The van der Waals surface area contributed by atoms with Crippen LogP contribution in [0.15, 0.2) is 60.7 Å². The van der Waals surface area contributed by atoms with Gasteiger partial charge in [0.05, 0.1) is 12.1 Å². The molecule has 0 saturated heterocycles. The van der Waals surface area contributed by atoms with Crippen molar-refractivity contribution >= 4 is 24.0 Å². The van der Waals surface area contributed by atoms with E-state index < -0.39 is 36.1 Å². The highest BCUT2D eigenvalue weighted by Crippen LogP contribution is 2.05. The van der Waals surface area contributed by atoms with Crippen molar-refractivity contribution < 1.29 is 29.4 Å². The lowest BCUT2D eigenvalue weighted by molar-refractivity contribution is -0.123. The monoisotopic (exact) mass is 456 g/mol. The van der Waals surface area contributed by atoms with Gasteiger partial charge < -0.3 is 20.8 Å². The topological polar surface area (TPSA) is 157 Å². The van der Waals surface area contributed by atoms with Gasteiger partial charge in [-0.05, 0) is 43.5 Å². The number of benzene rings is 2. The first-order valence-corrected chi connectivity index (χ1v) is 10.5. The second kappa shape index (κ2) is 13.6. The lowest BCUT2D eigenvalue weighted by Gasteiger charge is -2.19. The van der Waals surface area contributed by atoms with Crippen LogP contribution in [0.3, 0.4) is 0 Å². The summed E-state index contributed by atoms with van der Waals surface area (Å²) in [5.74, 6) is -1.30. The maximum absolute atomic E-state index is 12.2. The van der Waals surface area contributed by atoms with Gasteiger partial charge in [-0.1, -0.05) is 60.7 Å². The highest BCUT2D eigenvalue weighted by molar-refractivity contribution is 5.94. The molecule has 176 valence electrons. The molecule has 2 aromatic rings. The summed E-state index contributed by atoms with van der Waals surface area (Å²) >= 11 is 0. The Kier molecular flexibility index (Phi) is 10.5. The molecule has 0 aliphatic rings. The molecule has 0 aliphatic heterocycles. The Labute approximate surface area is 191 Å². The number of nitrogens with one attached hydrogen (secondary N) is 4. The molecule has 6 N–H and O–H groups in total. The third-order valence-corrected chi connectivity index (χ3v) is 4.79. The minimum Gasteiger partial charge on any atom is -0.465 e. The summed E-state index contributed by atoms with van der Waals surface area (Å²) in [7, 11) is 0. The van der Waals surface area contributed by atoms with E-state index in [1.54, 1.807) is 0 Å². The maximum Gasteiger partial charge on any atom is 0.411 e. The summed E-state index contributed by atoms with van der Waals surface area (Å²) in [5, 5.41) is 27.6. The average molecular weight is 456 g/mol. The third-order valence-electron chi connectivity index (χ3n) is 4.79. The minimum absolute atomic E-state index is 0.311. The van der Waals surface area contributed by atoms with E-state index in [1.165, 1.54) is 0 Å². The van der Waals surface area contributed by atoms with Crippen LogP contribution in [0.5, 0.6) is 0 Å². The standard InChI is InChI=1S/C23H28N4O6/c28-20(26-22(30)31)18(14-16-8-3-1-4-9-16)24-12-7-13-25-19(21(29)27-23(32)33)15-17-10-5-2-6-11-17/h1-6,8-11,18-19,24-25H,7,12-15H2,(H,26,28)(H,27,29)(H,30,31)(H,32,33). The zero-order valence-electron chi connectivity index (χ0n) is 18.0. The van der Waals surface area contributed by atoms with Crippen LogP contribution in [0.4, 0.5) is 9.59 Å². The number of hydrogen-bond acceptors (Lipinski definition) is 6. The van der Waals surface area contributed by atoms with Gasteiger partial charge in [0.1, 0.15) is 0 Å². The van der Waals surface area contributed by atoms with Crippen molar-refractivity contribution in [2.45, 2.75) is 31.3 Å². The molecular formula is C23H28N4O6. The highest BCUT2D eigenvalue weighted by Gasteiger charge is 2.22.